The smallest absolute Gasteiger partial charge is 0.161 e. The van der Waals surface area contributed by atoms with E-state index >= 15 is 0 Å². The number of allylic oxidation sites excluding steroid dienone is 1. The number of pyridine rings is 3. The van der Waals surface area contributed by atoms with Crippen molar-refractivity contribution in [1.82, 2.24) is 44.7 Å². The number of rotatable bonds is 5. The van der Waals surface area contributed by atoms with Crippen molar-refractivity contribution >= 4 is 27.8 Å². The summed E-state index contributed by atoms with van der Waals surface area (Å²) in [7, 11) is 0. The number of hydrogen-bond acceptors (Lipinski definition) is 7. The summed E-state index contributed by atoms with van der Waals surface area (Å²) in [5.74, 6) is 0.604. The van der Waals surface area contributed by atoms with Crippen molar-refractivity contribution < 1.29 is 0 Å². The molecular weight excluding hydrogens is 464 g/mol. The van der Waals surface area contributed by atoms with E-state index in [1.807, 2.05) is 35.9 Å². The minimum Gasteiger partial charge on any atom is -0.358 e. The fourth-order valence-corrected chi connectivity index (χ4v) is 4.01. The van der Waals surface area contributed by atoms with E-state index in [9.17, 15) is 0 Å². The van der Waals surface area contributed by atoms with E-state index in [2.05, 4.69) is 62.8 Å². The van der Waals surface area contributed by atoms with Crippen LogP contribution < -0.4 is 5.32 Å². The maximum absolute atomic E-state index is 4.93. The highest BCUT2D eigenvalue weighted by molar-refractivity contribution is 5.93. The third-order valence-electron chi connectivity index (χ3n) is 6.23. The summed E-state index contributed by atoms with van der Waals surface area (Å²) in [4.78, 5) is 26.3. The summed E-state index contributed by atoms with van der Waals surface area (Å²) < 4.78 is 1.91. The molecule has 10 heteroatoms. The molecule has 37 heavy (non-hydrogen) atoms. The van der Waals surface area contributed by atoms with Gasteiger partial charge in [-0.3, -0.25) is 15.1 Å². The van der Waals surface area contributed by atoms with Gasteiger partial charge in [0.1, 0.15) is 11.0 Å². The Morgan fingerprint density at radius 1 is 1.00 bits per heavy atom. The summed E-state index contributed by atoms with van der Waals surface area (Å²) in [5, 5.41) is 11.0. The Labute approximate surface area is 213 Å². The van der Waals surface area contributed by atoms with Crippen LogP contribution in [0, 0.1) is 12.3 Å². The van der Waals surface area contributed by atoms with Gasteiger partial charge in [0.2, 0.25) is 0 Å². The number of nitrogens with zero attached hydrogens (tertiary/aromatic N) is 7. The highest BCUT2D eigenvalue weighted by Gasteiger charge is 2.18. The van der Waals surface area contributed by atoms with Gasteiger partial charge in [0.05, 0.1) is 58.7 Å². The van der Waals surface area contributed by atoms with Gasteiger partial charge in [-0.15, -0.1) is 0 Å². The molecule has 0 aliphatic heterocycles. The number of aryl methyl sites for hydroxylation is 1. The maximum Gasteiger partial charge on any atom is 0.161 e. The second-order valence-corrected chi connectivity index (χ2v) is 10.0. The van der Waals surface area contributed by atoms with E-state index in [1.54, 1.807) is 31.1 Å². The largest absolute Gasteiger partial charge is 0.358 e. The molecule has 0 fully saturated rings. The van der Waals surface area contributed by atoms with Gasteiger partial charge in [-0.1, -0.05) is 27.4 Å². The fourth-order valence-electron chi connectivity index (χ4n) is 4.01. The van der Waals surface area contributed by atoms with Gasteiger partial charge < -0.3 is 14.9 Å². The first kappa shape index (κ1) is 22.6. The summed E-state index contributed by atoms with van der Waals surface area (Å²) in [6.07, 6.45) is 10.8. The van der Waals surface area contributed by atoms with E-state index in [-0.39, 0.29) is 5.41 Å². The lowest BCUT2D eigenvalue weighted by Gasteiger charge is -2.23. The first-order valence-corrected chi connectivity index (χ1v) is 11.9. The van der Waals surface area contributed by atoms with Crippen LogP contribution in [0.2, 0.25) is 0 Å². The van der Waals surface area contributed by atoms with Crippen LogP contribution in [-0.2, 0) is 0 Å². The summed E-state index contributed by atoms with van der Waals surface area (Å²) >= 11 is 0. The van der Waals surface area contributed by atoms with Crippen molar-refractivity contribution in [2.24, 2.45) is 5.41 Å². The highest BCUT2D eigenvalue weighted by atomic mass is 15.2. The number of aromatic amines is 2. The molecule has 6 heterocycles. The van der Waals surface area contributed by atoms with E-state index < -0.39 is 0 Å². The highest BCUT2D eigenvalue weighted by Crippen LogP contribution is 2.30. The van der Waals surface area contributed by atoms with Gasteiger partial charge in [0.25, 0.3) is 0 Å². The van der Waals surface area contributed by atoms with Gasteiger partial charge >= 0.3 is 0 Å². The molecule has 0 aliphatic rings. The first-order valence-electron chi connectivity index (χ1n) is 11.9. The number of aromatic nitrogens is 9. The summed E-state index contributed by atoms with van der Waals surface area (Å²) in [5.41, 5.74) is 8.84. The van der Waals surface area contributed by atoms with Crippen LogP contribution in [0.3, 0.4) is 0 Å². The average molecular weight is 491 g/mol. The quantitative estimate of drug-likeness (QED) is 0.294. The number of nitrogens with one attached hydrogen (secondary N) is 3. The molecule has 0 atom stereocenters. The third kappa shape index (κ3) is 4.12. The lowest BCUT2D eigenvalue weighted by molar-refractivity contribution is 0.509. The molecular formula is C27H26N10. The number of hydrogen-bond donors (Lipinski definition) is 3. The molecule has 3 N–H and O–H groups in total. The molecule has 6 aromatic rings. The van der Waals surface area contributed by atoms with E-state index in [0.717, 1.165) is 50.6 Å². The molecule has 0 bridgehead atoms. The first-order chi connectivity index (χ1) is 17.8. The van der Waals surface area contributed by atoms with Gasteiger partial charge in [-0.05, 0) is 25.1 Å². The Kier molecular flexibility index (Phi) is 5.11. The molecule has 6 aromatic heterocycles. The zero-order valence-corrected chi connectivity index (χ0v) is 21.0. The Bertz CT molecular complexity index is 1780. The van der Waals surface area contributed by atoms with Crippen molar-refractivity contribution in [2.75, 3.05) is 5.32 Å². The zero-order valence-electron chi connectivity index (χ0n) is 21.0. The van der Waals surface area contributed by atoms with Crippen LogP contribution in [0.15, 0.2) is 67.8 Å². The van der Waals surface area contributed by atoms with Gasteiger partial charge in [-0.25, -0.2) is 15.0 Å². The van der Waals surface area contributed by atoms with E-state index in [0.29, 0.717) is 17.0 Å². The Morgan fingerprint density at radius 2 is 1.84 bits per heavy atom. The molecule has 0 saturated heterocycles. The lowest BCUT2D eigenvalue weighted by Crippen LogP contribution is -2.15. The second kappa shape index (κ2) is 8.37. The Balaban J connectivity index is 1.40. The van der Waals surface area contributed by atoms with Crippen LogP contribution in [0.4, 0.5) is 5.69 Å². The predicted molar refractivity (Wildman–Crippen MR) is 144 cm³/mol. The number of fused-ring (bicyclic) bond motifs is 2. The zero-order chi connectivity index (χ0) is 25.7. The lowest BCUT2D eigenvalue weighted by atomic mass is 9.93. The summed E-state index contributed by atoms with van der Waals surface area (Å²) in [6.45, 7) is 12.4. The molecule has 0 amide bonds. The van der Waals surface area contributed by atoms with Crippen LogP contribution in [0.25, 0.3) is 50.5 Å². The Hall–Kier alpha value is -4.86. The SMILES string of the molecule is C=C(Nc1cncc(-c2ccc3[nH]nc(-c4nc5c(-n6cnc(C)c6)cncc5[nH]4)c3n2)c1)C(C)(C)C. The third-order valence-corrected chi connectivity index (χ3v) is 6.23. The van der Waals surface area contributed by atoms with Gasteiger partial charge in [0.15, 0.2) is 11.5 Å². The number of imidazole rings is 2. The second-order valence-electron chi connectivity index (χ2n) is 10.0. The predicted octanol–water partition coefficient (Wildman–Crippen LogP) is 5.42. The molecule has 10 nitrogen and oxygen atoms in total. The fraction of sp³-hybridized carbons (Fsp3) is 0.185. The monoisotopic (exact) mass is 490 g/mol. The molecule has 0 radical (unpaired) electrons. The topological polar surface area (TPSA) is 126 Å². The van der Waals surface area contributed by atoms with Gasteiger partial charge in [0, 0.05) is 29.1 Å². The van der Waals surface area contributed by atoms with Crippen molar-refractivity contribution in [3.63, 3.8) is 0 Å². The average Bonchev–Trinajstić information content (AvgIpc) is 3.60. The van der Waals surface area contributed by atoms with Crippen LogP contribution >= 0.6 is 0 Å². The van der Waals surface area contributed by atoms with Crippen LogP contribution in [0.5, 0.6) is 0 Å². The molecule has 0 aromatic carbocycles. The molecule has 0 aliphatic carbocycles. The molecule has 6 rings (SSSR count). The normalized spacial score (nSPS) is 11.9. The van der Waals surface area contributed by atoms with Crippen molar-refractivity contribution in [3.8, 4) is 28.5 Å². The molecule has 184 valence electrons. The van der Waals surface area contributed by atoms with Crippen LogP contribution in [0.1, 0.15) is 26.5 Å². The number of H-pyrrole nitrogens is 2. The molecule has 0 unspecified atom stereocenters. The maximum atomic E-state index is 4.93. The molecule has 0 saturated carbocycles. The standard InChI is InChI=1S/C27H26N10/c1-15-13-37(14-30-15)22-12-29-11-21-23(22)34-26(33-21)25-24-20(35-36-25)7-6-19(32-24)17-8-18(10-28-9-17)31-16(2)27(3,4)5/h6-14,31H,2H2,1,3-5H3,(H,33,34)(H,35,36). The van der Waals surface area contributed by atoms with Crippen LogP contribution in [-0.4, -0.2) is 44.7 Å². The Morgan fingerprint density at radius 3 is 2.62 bits per heavy atom. The minimum atomic E-state index is -0.0719. The molecule has 0 spiro atoms. The van der Waals surface area contributed by atoms with Crippen molar-refractivity contribution in [2.45, 2.75) is 27.7 Å². The van der Waals surface area contributed by atoms with Crippen molar-refractivity contribution in [3.05, 3.63) is 73.5 Å². The summed E-state index contributed by atoms with van der Waals surface area (Å²) in [6, 6.07) is 5.93. The number of anilines is 1. The van der Waals surface area contributed by atoms with Crippen molar-refractivity contribution in [1.29, 1.82) is 0 Å². The van der Waals surface area contributed by atoms with E-state index in [1.165, 1.54) is 0 Å². The minimum absolute atomic E-state index is 0.0719. The van der Waals surface area contributed by atoms with E-state index in [4.69, 9.17) is 9.97 Å². The van der Waals surface area contributed by atoms with Gasteiger partial charge in [-0.2, -0.15) is 5.10 Å².